The van der Waals surface area contributed by atoms with Gasteiger partial charge in [-0.05, 0) is 6.92 Å². The highest BCUT2D eigenvalue weighted by Gasteiger charge is 2.28. The van der Waals surface area contributed by atoms with E-state index in [1.54, 1.807) is 0 Å². The number of hydrogen-bond donors (Lipinski definition) is 8. The molecule has 0 fully saturated rings. The van der Waals surface area contributed by atoms with Crippen molar-refractivity contribution in [3.8, 4) is 0 Å². The molecule has 0 bridgehead atoms. The first-order chi connectivity index (χ1) is 13.2. The number of aromatic amines is 1. The Balaban J connectivity index is 2.84. The van der Waals surface area contributed by atoms with E-state index in [2.05, 4.69) is 51.2 Å². The normalized spacial score (nSPS) is 15.0. The molecule has 0 aliphatic heterocycles. The Morgan fingerprint density at radius 2 is 1.75 bits per heavy atom. The lowest BCUT2D eigenvalue weighted by atomic mass is 10.1. The van der Waals surface area contributed by atoms with Gasteiger partial charge in [0, 0.05) is 29.8 Å². The van der Waals surface area contributed by atoms with E-state index in [0.717, 1.165) is 0 Å². The summed E-state index contributed by atoms with van der Waals surface area (Å²) in [6.07, 6.45) is 2.91. The highest BCUT2D eigenvalue weighted by atomic mass is 32.1. The largest absolute Gasteiger partial charge is 0.480 e. The molecule has 3 amide bonds. The van der Waals surface area contributed by atoms with Gasteiger partial charge in [0.2, 0.25) is 17.7 Å². The minimum absolute atomic E-state index is 0.0350. The number of imidazole rings is 1. The molecule has 4 atom stereocenters. The second-order valence-corrected chi connectivity index (χ2v) is 6.67. The van der Waals surface area contributed by atoms with Crippen LogP contribution in [0, 0.1) is 0 Å². The topological polar surface area (TPSA) is 179 Å². The van der Waals surface area contributed by atoms with Crippen LogP contribution < -0.4 is 21.7 Å². The van der Waals surface area contributed by atoms with Crippen molar-refractivity contribution in [2.75, 3.05) is 11.5 Å². The number of aliphatic carboxylic acids is 1. The van der Waals surface area contributed by atoms with Crippen molar-refractivity contribution < 1.29 is 24.3 Å². The number of H-pyrrole nitrogens is 1. The first-order valence-corrected chi connectivity index (χ1v) is 9.54. The molecule has 1 rings (SSSR count). The lowest BCUT2D eigenvalue weighted by Gasteiger charge is -2.23. The summed E-state index contributed by atoms with van der Waals surface area (Å²) in [6.45, 7) is 1.43. The van der Waals surface area contributed by atoms with Gasteiger partial charge in [-0.1, -0.05) is 0 Å². The van der Waals surface area contributed by atoms with Gasteiger partial charge in [0.1, 0.15) is 18.1 Å². The predicted molar refractivity (Wildman–Crippen MR) is 107 cm³/mol. The molecule has 0 aromatic carbocycles. The first-order valence-electron chi connectivity index (χ1n) is 8.28. The molecule has 1 heterocycles. The Bertz CT molecular complexity index is 686. The maximum atomic E-state index is 12.5. The lowest BCUT2D eigenvalue weighted by Crippen LogP contribution is -2.57. The summed E-state index contributed by atoms with van der Waals surface area (Å²) < 4.78 is 0. The minimum Gasteiger partial charge on any atom is -0.480 e. The van der Waals surface area contributed by atoms with E-state index >= 15 is 0 Å². The van der Waals surface area contributed by atoms with E-state index < -0.39 is 47.9 Å². The average molecular weight is 433 g/mol. The first kappa shape index (κ1) is 23.8. The van der Waals surface area contributed by atoms with Crippen molar-refractivity contribution in [2.24, 2.45) is 5.73 Å². The van der Waals surface area contributed by atoms with E-state index in [9.17, 15) is 19.2 Å². The van der Waals surface area contributed by atoms with Gasteiger partial charge in [-0.3, -0.25) is 14.4 Å². The fourth-order valence-electron chi connectivity index (χ4n) is 2.05. The number of nitrogens with one attached hydrogen (secondary N) is 4. The maximum absolute atomic E-state index is 12.5. The summed E-state index contributed by atoms with van der Waals surface area (Å²) in [5.41, 5.74) is 6.09. The monoisotopic (exact) mass is 432 g/mol. The number of nitrogens with zero attached hydrogens (tertiary/aromatic N) is 1. The van der Waals surface area contributed by atoms with Gasteiger partial charge in [0.25, 0.3) is 0 Å². The molecule has 1 aromatic rings. The lowest BCUT2D eigenvalue weighted by molar-refractivity contribution is -0.141. The molecule has 13 heteroatoms. The van der Waals surface area contributed by atoms with Gasteiger partial charge in [-0.15, -0.1) is 0 Å². The molecule has 4 unspecified atom stereocenters. The number of carboxylic acids is 1. The zero-order chi connectivity index (χ0) is 21.3. The average Bonchev–Trinajstić information content (AvgIpc) is 3.17. The molecule has 0 saturated heterocycles. The molecular formula is C15H24N6O5S2. The van der Waals surface area contributed by atoms with Crippen molar-refractivity contribution >= 4 is 48.9 Å². The second kappa shape index (κ2) is 11.6. The molecule has 1 aromatic heterocycles. The molecule has 7 N–H and O–H groups in total. The molecular weight excluding hydrogens is 408 g/mol. The number of carbonyl (C=O) groups excluding carboxylic acids is 3. The number of nitrogens with two attached hydrogens (primary N) is 1. The molecule has 11 nitrogen and oxygen atoms in total. The highest BCUT2D eigenvalue weighted by molar-refractivity contribution is 7.80. The molecule has 0 saturated carbocycles. The summed E-state index contributed by atoms with van der Waals surface area (Å²) in [7, 11) is 0. The van der Waals surface area contributed by atoms with Crippen LogP contribution in [0.5, 0.6) is 0 Å². The van der Waals surface area contributed by atoms with Crippen LogP contribution in [0.25, 0.3) is 0 Å². The van der Waals surface area contributed by atoms with Gasteiger partial charge in [0.15, 0.2) is 0 Å². The number of carboxylic acid groups (broad SMARTS) is 1. The molecule has 156 valence electrons. The predicted octanol–water partition coefficient (Wildman–Crippen LogP) is -2.30. The van der Waals surface area contributed by atoms with E-state index in [-0.39, 0.29) is 17.9 Å². The SMILES string of the molecule is CC(NC(=O)C(N)CS)C(=O)NC(Cc1cnc[nH]1)C(=O)NC(CS)C(=O)O. The summed E-state index contributed by atoms with van der Waals surface area (Å²) in [6, 6.07) is -4.18. The van der Waals surface area contributed by atoms with Gasteiger partial charge in [0.05, 0.1) is 12.4 Å². The van der Waals surface area contributed by atoms with Crippen LogP contribution in [-0.4, -0.2) is 74.4 Å². The third-order valence-electron chi connectivity index (χ3n) is 3.69. The quantitative estimate of drug-likeness (QED) is 0.181. The summed E-state index contributed by atoms with van der Waals surface area (Å²) in [5, 5.41) is 16.3. The zero-order valence-electron chi connectivity index (χ0n) is 15.1. The highest BCUT2D eigenvalue weighted by Crippen LogP contribution is 2.02. The summed E-state index contributed by atoms with van der Waals surface area (Å²) >= 11 is 7.81. The van der Waals surface area contributed by atoms with Crippen LogP contribution in [-0.2, 0) is 25.6 Å². The van der Waals surface area contributed by atoms with Crippen LogP contribution in [0.3, 0.4) is 0 Å². The van der Waals surface area contributed by atoms with Gasteiger partial charge in [-0.25, -0.2) is 9.78 Å². The number of aromatic nitrogens is 2. The minimum atomic E-state index is -1.25. The fourth-order valence-corrected chi connectivity index (χ4v) is 2.46. The number of thiol groups is 2. The van der Waals surface area contributed by atoms with E-state index in [0.29, 0.717) is 5.69 Å². The Kier molecular flexibility index (Phi) is 9.82. The molecule has 0 spiro atoms. The third kappa shape index (κ3) is 7.40. The third-order valence-corrected chi connectivity index (χ3v) is 4.45. The van der Waals surface area contributed by atoms with Gasteiger partial charge in [-0.2, -0.15) is 25.3 Å². The van der Waals surface area contributed by atoms with Gasteiger partial charge >= 0.3 is 5.97 Å². The van der Waals surface area contributed by atoms with E-state index in [1.165, 1.54) is 19.4 Å². The summed E-state index contributed by atoms with van der Waals surface area (Å²) in [4.78, 5) is 54.5. The van der Waals surface area contributed by atoms with Crippen LogP contribution >= 0.6 is 25.3 Å². The zero-order valence-corrected chi connectivity index (χ0v) is 16.9. The Labute approximate surface area is 172 Å². The Hall–Kier alpha value is -2.25. The van der Waals surface area contributed by atoms with Crippen molar-refractivity contribution in [3.05, 3.63) is 18.2 Å². The van der Waals surface area contributed by atoms with Gasteiger partial charge < -0.3 is 31.8 Å². The van der Waals surface area contributed by atoms with Crippen molar-refractivity contribution in [3.63, 3.8) is 0 Å². The van der Waals surface area contributed by atoms with Crippen molar-refractivity contribution in [2.45, 2.75) is 37.5 Å². The Morgan fingerprint density at radius 3 is 2.25 bits per heavy atom. The molecule has 0 radical (unpaired) electrons. The Morgan fingerprint density at radius 1 is 1.11 bits per heavy atom. The van der Waals surface area contributed by atoms with Crippen molar-refractivity contribution in [1.29, 1.82) is 0 Å². The van der Waals surface area contributed by atoms with Crippen LogP contribution in [0.1, 0.15) is 12.6 Å². The van der Waals surface area contributed by atoms with Crippen LogP contribution in [0.15, 0.2) is 12.5 Å². The molecule has 28 heavy (non-hydrogen) atoms. The van der Waals surface area contributed by atoms with E-state index in [4.69, 9.17) is 10.8 Å². The number of rotatable bonds is 11. The summed E-state index contributed by atoms with van der Waals surface area (Å²) in [5.74, 6) is -3.19. The van der Waals surface area contributed by atoms with Crippen LogP contribution in [0.2, 0.25) is 0 Å². The fraction of sp³-hybridized carbons (Fsp3) is 0.533. The number of amides is 3. The number of carbonyl (C=O) groups is 4. The maximum Gasteiger partial charge on any atom is 0.327 e. The van der Waals surface area contributed by atoms with Crippen molar-refractivity contribution in [1.82, 2.24) is 25.9 Å². The molecule has 0 aliphatic carbocycles. The number of hydrogen-bond acceptors (Lipinski definition) is 8. The van der Waals surface area contributed by atoms with Crippen LogP contribution in [0.4, 0.5) is 0 Å². The second-order valence-electron chi connectivity index (χ2n) is 5.94. The standard InChI is InChI=1S/C15H24N6O5S2/c1-7(19-13(23)9(16)4-27)12(22)20-10(2-8-3-17-6-18-8)14(24)21-11(5-28)15(25)26/h3,6-7,9-11,27-28H,2,4-5,16H2,1H3,(H,17,18)(H,19,23)(H,20,22)(H,21,24)(H,25,26). The molecule has 0 aliphatic rings. The smallest absolute Gasteiger partial charge is 0.327 e. The van der Waals surface area contributed by atoms with E-state index in [1.807, 2.05) is 0 Å².